The smallest absolute Gasteiger partial charge is 0.0918 e. The third-order valence-corrected chi connectivity index (χ3v) is 3.27. The average molecular weight is 244 g/mol. The second kappa shape index (κ2) is 5.97. The maximum atomic E-state index is 7.14. The third-order valence-electron chi connectivity index (χ3n) is 3.27. The highest BCUT2D eigenvalue weighted by Gasteiger charge is 2.16. The van der Waals surface area contributed by atoms with E-state index in [0.717, 1.165) is 5.69 Å². The standard InChI is InChI=1S/C16H24N2/c1-10(2)13-7-14(11(3)4)16(18-9-17)15(8-13)12(5)6/h7-8,10-12,17H,1-6H3. The van der Waals surface area contributed by atoms with E-state index in [2.05, 4.69) is 64.7 Å². The number of aliphatic imine (C=N–C) groups is 1. The minimum Gasteiger partial charge on any atom is -0.241 e. The van der Waals surface area contributed by atoms with Gasteiger partial charge in [0.1, 0.15) is 0 Å². The summed E-state index contributed by atoms with van der Waals surface area (Å²) in [6.07, 6.45) is 0. The van der Waals surface area contributed by atoms with Crippen molar-refractivity contribution in [1.29, 1.82) is 5.41 Å². The summed E-state index contributed by atoms with van der Waals surface area (Å²) in [6, 6.07) is 6.67. The molecule has 0 aliphatic heterocycles. The minimum absolute atomic E-state index is 0.410. The lowest BCUT2D eigenvalue weighted by molar-refractivity contribution is 0.805. The molecule has 18 heavy (non-hydrogen) atoms. The molecule has 0 spiro atoms. The molecule has 1 rings (SSSR count). The van der Waals surface area contributed by atoms with E-state index in [-0.39, 0.29) is 0 Å². The number of rotatable bonds is 4. The second-order valence-corrected chi connectivity index (χ2v) is 5.74. The Morgan fingerprint density at radius 3 is 1.61 bits per heavy atom. The summed E-state index contributed by atoms with van der Waals surface area (Å²) in [7, 11) is 0. The van der Waals surface area contributed by atoms with Crippen molar-refractivity contribution in [2.75, 3.05) is 0 Å². The van der Waals surface area contributed by atoms with Crippen molar-refractivity contribution in [3.63, 3.8) is 0 Å². The molecule has 0 heterocycles. The van der Waals surface area contributed by atoms with E-state index in [9.17, 15) is 0 Å². The fourth-order valence-electron chi connectivity index (χ4n) is 2.10. The van der Waals surface area contributed by atoms with Crippen molar-refractivity contribution in [3.05, 3.63) is 28.8 Å². The van der Waals surface area contributed by atoms with Gasteiger partial charge in [-0.2, -0.15) is 4.99 Å². The maximum Gasteiger partial charge on any atom is 0.0918 e. The highest BCUT2D eigenvalue weighted by atomic mass is 14.7. The fraction of sp³-hybridized carbons (Fsp3) is 0.562. The van der Waals surface area contributed by atoms with E-state index in [1.165, 1.54) is 16.7 Å². The van der Waals surface area contributed by atoms with Gasteiger partial charge in [-0.25, -0.2) is 5.41 Å². The van der Waals surface area contributed by atoms with Gasteiger partial charge in [-0.15, -0.1) is 0 Å². The van der Waals surface area contributed by atoms with Gasteiger partial charge in [-0.05, 0) is 34.4 Å². The largest absolute Gasteiger partial charge is 0.241 e. The number of nitrogens with one attached hydrogen (secondary N) is 1. The molecule has 1 N–H and O–H groups in total. The van der Waals surface area contributed by atoms with Crippen molar-refractivity contribution in [1.82, 2.24) is 0 Å². The monoisotopic (exact) mass is 244 g/mol. The quantitative estimate of drug-likeness (QED) is 0.685. The molecule has 1 aromatic rings. The van der Waals surface area contributed by atoms with E-state index >= 15 is 0 Å². The van der Waals surface area contributed by atoms with Crippen LogP contribution < -0.4 is 0 Å². The minimum atomic E-state index is 0.410. The molecule has 2 heteroatoms. The van der Waals surface area contributed by atoms with E-state index in [0.29, 0.717) is 17.8 Å². The molecule has 0 atom stereocenters. The van der Waals surface area contributed by atoms with Gasteiger partial charge in [0.2, 0.25) is 0 Å². The summed E-state index contributed by atoms with van der Waals surface area (Å²) >= 11 is 0. The van der Waals surface area contributed by atoms with Crippen LogP contribution in [0.2, 0.25) is 0 Å². The molecule has 0 fully saturated rings. The molecule has 0 aliphatic carbocycles. The summed E-state index contributed by atoms with van der Waals surface area (Å²) in [5.74, 6) is 1.33. The van der Waals surface area contributed by atoms with Gasteiger partial charge in [0.15, 0.2) is 0 Å². The summed E-state index contributed by atoms with van der Waals surface area (Å²) < 4.78 is 0. The van der Waals surface area contributed by atoms with Gasteiger partial charge >= 0.3 is 0 Å². The first kappa shape index (κ1) is 14.7. The van der Waals surface area contributed by atoms with Crippen LogP contribution in [0.25, 0.3) is 0 Å². The average Bonchev–Trinajstić information content (AvgIpc) is 2.28. The van der Waals surface area contributed by atoms with Crippen molar-refractivity contribution >= 4 is 11.7 Å². The van der Waals surface area contributed by atoms with Crippen LogP contribution in [0.15, 0.2) is 17.1 Å². The van der Waals surface area contributed by atoms with Gasteiger partial charge in [-0.1, -0.05) is 53.7 Å². The second-order valence-electron chi connectivity index (χ2n) is 5.74. The summed E-state index contributed by atoms with van der Waals surface area (Å²) in [5, 5.41) is 7.14. The van der Waals surface area contributed by atoms with Crippen LogP contribution in [-0.4, -0.2) is 6.01 Å². The molecular weight excluding hydrogens is 220 g/mol. The van der Waals surface area contributed by atoms with Crippen molar-refractivity contribution < 1.29 is 0 Å². The first-order valence-electron chi connectivity index (χ1n) is 6.68. The van der Waals surface area contributed by atoms with Gasteiger partial charge in [-0.3, -0.25) is 0 Å². The molecule has 0 saturated carbocycles. The Morgan fingerprint density at radius 1 is 0.889 bits per heavy atom. The lowest BCUT2D eigenvalue weighted by Crippen LogP contribution is -2.00. The van der Waals surface area contributed by atoms with E-state index in [1.54, 1.807) is 0 Å². The molecule has 0 aromatic heterocycles. The highest BCUT2D eigenvalue weighted by molar-refractivity contribution is 5.62. The first-order chi connectivity index (χ1) is 8.38. The van der Waals surface area contributed by atoms with E-state index in [1.807, 2.05) is 0 Å². The normalized spacial score (nSPS) is 11.2. The SMILES string of the molecule is CC(C)c1cc(C(C)C)c(N=C=N)c(C(C)C)c1. The Balaban J connectivity index is 3.59. The van der Waals surface area contributed by atoms with E-state index < -0.39 is 0 Å². The Bertz CT molecular complexity index is 435. The molecule has 0 amide bonds. The van der Waals surface area contributed by atoms with Crippen LogP contribution in [0, 0.1) is 5.41 Å². The zero-order valence-corrected chi connectivity index (χ0v) is 12.3. The Morgan fingerprint density at radius 2 is 1.33 bits per heavy atom. The summed E-state index contributed by atoms with van der Waals surface area (Å²) in [6.45, 7) is 13.1. The lowest BCUT2D eigenvalue weighted by Gasteiger charge is -2.19. The molecule has 0 bridgehead atoms. The van der Waals surface area contributed by atoms with Gasteiger partial charge in [0, 0.05) is 0 Å². The number of benzene rings is 1. The molecule has 0 radical (unpaired) electrons. The first-order valence-corrected chi connectivity index (χ1v) is 6.68. The van der Waals surface area contributed by atoms with Crippen LogP contribution in [0.3, 0.4) is 0 Å². The van der Waals surface area contributed by atoms with Crippen LogP contribution >= 0.6 is 0 Å². The highest BCUT2D eigenvalue weighted by Crippen LogP contribution is 2.37. The van der Waals surface area contributed by atoms with Crippen LogP contribution in [-0.2, 0) is 0 Å². The summed E-state index contributed by atoms with van der Waals surface area (Å²) in [5.41, 5.74) is 4.75. The maximum absolute atomic E-state index is 7.14. The van der Waals surface area contributed by atoms with Crippen molar-refractivity contribution in [3.8, 4) is 0 Å². The fourth-order valence-corrected chi connectivity index (χ4v) is 2.10. The zero-order valence-electron chi connectivity index (χ0n) is 12.3. The Kier molecular flexibility index (Phi) is 4.86. The lowest BCUT2D eigenvalue weighted by atomic mass is 9.87. The Hall–Kier alpha value is -1.40. The van der Waals surface area contributed by atoms with Crippen LogP contribution in [0.5, 0.6) is 0 Å². The predicted molar refractivity (Wildman–Crippen MR) is 78.5 cm³/mol. The van der Waals surface area contributed by atoms with E-state index in [4.69, 9.17) is 5.41 Å². The molecule has 1 aromatic carbocycles. The number of nitrogens with zero attached hydrogens (tertiary/aromatic N) is 1. The third kappa shape index (κ3) is 3.08. The van der Waals surface area contributed by atoms with Crippen molar-refractivity contribution in [2.45, 2.75) is 59.3 Å². The predicted octanol–water partition coefficient (Wildman–Crippen LogP) is 5.44. The molecule has 98 valence electrons. The molecule has 0 unspecified atom stereocenters. The molecular formula is C16H24N2. The van der Waals surface area contributed by atoms with Crippen LogP contribution in [0.4, 0.5) is 5.69 Å². The molecule has 0 saturated heterocycles. The molecule has 0 aliphatic rings. The van der Waals surface area contributed by atoms with Gasteiger partial charge in [0.05, 0.1) is 11.7 Å². The van der Waals surface area contributed by atoms with Gasteiger partial charge in [0.25, 0.3) is 0 Å². The zero-order chi connectivity index (χ0) is 13.9. The Labute approximate surface area is 111 Å². The van der Waals surface area contributed by atoms with Crippen molar-refractivity contribution in [2.24, 2.45) is 4.99 Å². The number of hydrogen-bond acceptors (Lipinski definition) is 2. The molecule has 2 nitrogen and oxygen atoms in total. The number of hydrogen-bond donors (Lipinski definition) is 1. The topological polar surface area (TPSA) is 36.2 Å². The summed E-state index contributed by atoms with van der Waals surface area (Å²) in [4.78, 5) is 4.17. The van der Waals surface area contributed by atoms with Crippen LogP contribution in [0.1, 0.15) is 76.0 Å². The van der Waals surface area contributed by atoms with Gasteiger partial charge < -0.3 is 0 Å².